The maximum absolute atomic E-state index is 12.2. The summed E-state index contributed by atoms with van der Waals surface area (Å²) in [6.45, 7) is -0.724. The zero-order chi connectivity index (χ0) is 18.0. The molecule has 9 heteroatoms. The van der Waals surface area contributed by atoms with E-state index in [1.54, 1.807) is 7.05 Å². The molecule has 2 N–H and O–H groups in total. The standard InChI is InChI=1S/C16H29F3N4O.HI/c1-20-15(21-10-6-9-13-7-4-3-5-8-13)22-11-14(24)23(2)12-16(17,18)19;/h13H,3-12H2,1-2H3,(H2,20,21,22);1H. The Kier molecular flexibility index (Phi) is 12.2. The first-order chi connectivity index (χ1) is 11.3. The van der Waals surface area contributed by atoms with Gasteiger partial charge in [0.05, 0.1) is 6.54 Å². The average molecular weight is 478 g/mol. The molecule has 0 unspecified atom stereocenters. The Morgan fingerprint density at radius 3 is 2.40 bits per heavy atom. The molecule has 0 saturated heterocycles. The second kappa shape index (κ2) is 12.6. The van der Waals surface area contributed by atoms with Crippen LogP contribution in [0.3, 0.4) is 0 Å². The number of hydrogen-bond donors (Lipinski definition) is 2. The van der Waals surface area contributed by atoms with Gasteiger partial charge in [0.25, 0.3) is 0 Å². The summed E-state index contributed by atoms with van der Waals surface area (Å²) in [5.74, 6) is 0.623. The Balaban J connectivity index is 0.00000576. The van der Waals surface area contributed by atoms with Gasteiger partial charge in [0.2, 0.25) is 5.91 Å². The molecule has 1 saturated carbocycles. The molecule has 0 spiro atoms. The minimum Gasteiger partial charge on any atom is -0.356 e. The largest absolute Gasteiger partial charge is 0.406 e. The summed E-state index contributed by atoms with van der Waals surface area (Å²) >= 11 is 0. The fourth-order valence-corrected chi connectivity index (χ4v) is 2.95. The predicted octanol–water partition coefficient (Wildman–Crippen LogP) is 3.15. The highest BCUT2D eigenvalue weighted by atomic mass is 127. The quantitative estimate of drug-likeness (QED) is 0.256. The summed E-state index contributed by atoms with van der Waals surface area (Å²) in [6.07, 6.45) is 4.44. The maximum Gasteiger partial charge on any atom is 0.406 e. The molecule has 0 radical (unpaired) electrons. The molecule has 1 aliphatic rings. The van der Waals surface area contributed by atoms with Gasteiger partial charge in [-0.25, -0.2) is 0 Å². The van der Waals surface area contributed by atoms with Crippen LogP contribution >= 0.6 is 24.0 Å². The predicted molar refractivity (Wildman–Crippen MR) is 104 cm³/mol. The zero-order valence-electron chi connectivity index (χ0n) is 15.0. The van der Waals surface area contributed by atoms with E-state index >= 15 is 0 Å². The molecule has 1 rings (SSSR count). The normalized spacial score (nSPS) is 16.1. The summed E-state index contributed by atoms with van der Waals surface area (Å²) in [6, 6.07) is 0. The number of carbonyl (C=O) groups excluding carboxylic acids is 1. The highest BCUT2D eigenvalue weighted by molar-refractivity contribution is 14.0. The van der Waals surface area contributed by atoms with Crippen LogP contribution in [-0.2, 0) is 4.79 Å². The summed E-state index contributed by atoms with van der Waals surface area (Å²) in [5, 5.41) is 5.85. The molecule has 0 bridgehead atoms. The highest BCUT2D eigenvalue weighted by Crippen LogP contribution is 2.26. The molecule has 0 aliphatic heterocycles. The first-order valence-corrected chi connectivity index (χ1v) is 8.57. The molecule has 1 aliphatic carbocycles. The number of hydrogen-bond acceptors (Lipinski definition) is 2. The maximum atomic E-state index is 12.2. The number of nitrogens with zero attached hydrogens (tertiary/aromatic N) is 2. The molecular weight excluding hydrogens is 448 g/mol. The Hall–Kier alpha value is -0.740. The Bertz CT molecular complexity index is 413. The molecule has 25 heavy (non-hydrogen) atoms. The lowest BCUT2D eigenvalue weighted by molar-refractivity contribution is -0.157. The van der Waals surface area contributed by atoms with Crippen LogP contribution in [0.5, 0.6) is 0 Å². The summed E-state index contributed by atoms with van der Waals surface area (Å²) in [5.41, 5.74) is 0. The third kappa shape index (κ3) is 11.5. The topological polar surface area (TPSA) is 56.7 Å². The van der Waals surface area contributed by atoms with Crippen molar-refractivity contribution in [1.82, 2.24) is 15.5 Å². The number of guanidine groups is 1. The van der Waals surface area contributed by atoms with Gasteiger partial charge in [-0.15, -0.1) is 24.0 Å². The van der Waals surface area contributed by atoms with Crippen LogP contribution in [0.25, 0.3) is 0 Å². The Morgan fingerprint density at radius 1 is 1.20 bits per heavy atom. The van der Waals surface area contributed by atoms with Gasteiger partial charge in [-0.2, -0.15) is 13.2 Å². The Labute approximate surface area is 165 Å². The number of alkyl halides is 3. The second-order valence-corrected chi connectivity index (χ2v) is 6.36. The fraction of sp³-hybridized carbons (Fsp3) is 0.875. The van der Waals surface area contributed by atoms with E-state index in [0.717, 1.165) is 25.9 Å². The van der Waals surface area contributed by atoms with E-state index < -0.39 is 18.6 Å². The van der Waals surface area contributed by atoms with E-state index in [9.17, 15) is 18.0 Å². The third-order valence-electron chi connectivity index (χ3n) is 4.28. The van der Waals surface area contributed by atoms with Crippen molar-refractivity contribution in [2.75, 3.05) is 33.7 Å². The molecule has 0 heterocycles. The van der Waals surface area contributed by atoms with E-state index in [2.05, 4.69) is 15.6 Å². The van der Waals surface area contributed by atoms with Crippen LogP contribution in [0.15, 0.2) is 4.99 Å². The Morgan fingerprint density at radius 2 is 1.84 bits per heavy atom. The first kappa shape index (κ1) is 24.3. The van der Waals surface area contributed by atoms with Gasteiger partial charge in [0, 0.05) is 20.6 Å². The first-order valence-electron chi connectivity index (χ1n) is 8.57. The van der Waals surface area contributed by atoms with Gasteiger partial charge in [-0.1, -0.05) is 32.1 Å². The van der Waals surface area contributed by atoms with E-state index in [1.165, 1.54) is 38.5 Å². The van der Waals surface area contributed by atoms with Crippen LogP contribution in [0.2, 0.25) is 0 Å². The van der Waals surface area contributed by atoms with Crippen molar-refractivity contribution in [2.45, 2.75) is 51.1 Å². The van der Waals surface area contributed by atoms with Gasteiger partial charge in [-0.3, -0.25) is 9.79 Å². The fourth-order valence-electron chi connectivity index (χ4n) is 2.95. The van der Waals surface area contributed by atoms with E-state index in [1.807, 2.05) is 0 Å². The van der Waals surface area contributed by atoms with Gasteiger partial charge < -0.3 is 15.5 Å². The minimum atomic E-state index is -4.39. The van der Waals surface area contributed by atoms with Crippen LogP contribution < -0.4 is 10.6 Å². The molecule has 1 amide bonds. The molecule has 1 fully saturated rings. The average Bonchev–Trinajstić information content (AvgIpc) is 2.53. The van der Waals surface area contributed by atoms with Gasteiger partial charge >= 0.3 is 6.18 Å². The molecule has 148 valence electrons. The number of amides is 1. The zero-order valence-corrected chi connectivity index (χ0v) is 17.3. The van der Waals surface area contributed by atoms with Crippen LogP contribution in [-0.4, -0.2) is 56.7 Å². The summed E-state index contributed by atoms with van der Waals surface area (Å²) in [4.78, 5) is 16.3. The van der Waals surface area contributed by atoms with Crippen molar-refractivity contribution in [2.24, 2.45) is 10.9 Å². The molecule has 5 nitrogen and oxygen atoms in total. The smallest absolute Gasteiger partial charge is 0.356 e. The SMILES string of the molecule is CN=C(NCCCC1CCCCC1)NCC(=O)N(C)CC(F)(F)F.I. The van der Waals surface area contributed by atoms with Crippen LogP contribution in [0.1, 0.15) is 44.9 Å². The molecule has 0 atom stereocenters. The molecule has 0 aromatic heterocycles. The van der Waals surface area contributed by atoms with E-state index in [0.29, 0.717) is 10.9 Å². The second-order valence-electron chi connectivity index (χ2n) is 6.36. The van der Waals surface area contributed by atoms with Crippen molar-refractivity contribution >= 4 is 35.8 Å². The number of aliphatic imine (C=N–C) groups is 1. The molecule has 0 aromatic carbocycles. The number of likely N-dealkylation sites (N-methyl/N-ethyl adjacent to an activating group) is 1. The van der Waals surface area contributed by atoms with Gasteiger partial charge in [-0.05, 0) is 18.8 Å². The van der Waals surface area contributed by atoms with Crippen molar-refractivity contribution in [3.63, 3.8) is 0 Å². The number of rotatable bonds is 7. The van der Waals surface area contributed by atoms with E-state index in [-0.39, 0.29) is 30.5 Å². The monoisotopic (exact) mass is 478 g/mol. The lowest BCUT2D eigenvalue weighted by Crippen LogP contribution is -2.45. The van der Waals surface area contributed by atoms with Crippen molar-refractivity contribution in [3.8, 4) is 0 Å². The molecule has 0 aromatic rings. The number of carbonyl (C=O) groups is 1. The van der Waals surface area contributed by atoms with Crippen molar-refractivity contribution in [1.29, 1.82) is 0 Å². The van der Waals surface area contributed by atoms with Crippen LogP contribution in [0, 0.1) is 5.92 Å². The third-order valence-corrected chi connectivity index (χ3v) is 4.28. The van der Waals surface area contributed by atoms with Crippen molar-refractivity contribution in [3.05, 3.63) is 0 Å². The molecular formula is C16H30F3IN4O. The van der Waals surface area contributed by atoms with Gasteiger partial charge in [0.15, 0.2) is 5.96 Å². The lowest BCUT2D eigenvalue weighted by Gasteiger charge is -2.22. The van der Waals surface area contributed by atoms with Crippen molar-refractivity contribution < 1.29 is 18.0 Å². The number of halogens is 4. The van der Waals surface area contributed by atoms with E-state index in [4.69, 9.17) is 0 Å². The highest BCUT2D eigenvalue weighted by Gasteiger charge is 2.31. The number of nitrogens with one attached hydrogen (secondary N) is 2. The lowest BCUT2D eigenvalue weighted by atomic mass is 9.86. The summed E-state index contributed by atoms with van der Waals surface area (Å²) in [7, 11) is 2.71. The van der Waals surface area contributed by atoms with Gasteiger partial charge in [0.1, 0.15) is 6.54 Å². The van der Waals surface area contributed by atoms with Crippen LogP contribution in [0.4, 0.5) is 13.2 Å². The minimum absolute atomic E-state index is 0. The summed E-state index contributed by atoms with van der Waals surface area (Å²) < 4.78 is 36.7.